The highest BCUT2D eigenvalue weighted by atomic mass is 32.2. The fourth-order valence-corrected chi connectivity index (χ4v) is 2.55. The van der Waals surface area contributed by atoms with Crippen LogP contribution in [0.4, 0.5) is 4.79 Å². The van der Waals surface area contributed by atoms with E-state index < -0.39 is 34.0 Å². The van der Waals surface area contributed by atoms with Gasteiger partial charge in [-0.3, -0.25) is 4.18 Å². The molecule has 9 nitrogen and oxygen atoms in total. The summed E-state index contributed by atoms with van der Waals surface area (Å²) in [6, 6.07) is -0.636. The highest BCUT2D eigenvalue weighted by Gasteiger charge is 2.35. The summed E-state index contributed by atoms with van der Waals surface area (Å²) < 4.78 is 32.7. The van der Waals surface area contributed by atoms with Crippen molar-refractivity contribution < 1.29 is 22.1 Å². The van der Waals surface area contributed by atoms with Crippen LogP contribution in [0.3, 0.4) is 0 Å². The number of azide groups is 1. The average Bonchev–Trinajstić information content (AvgIpc) is 2.27. The van der Waals surface area contributed by atoms with Crippen LogP contribution < -0.4 is 0 Å². The van der Waals surface area contributed by atoms with Gasteiger partial charge in [-0.1, -0.05) is 5.11 Å². The van der Waals surface area contributed by atoms with Gasteiger partial charge < -0.3 is 9.64 Å². The minimum atomic E-state index is -3.72. The first-order valence-corrected chi connectivity index (χ1v) is 8.24. The number of likely N-dealkylation sites (tertiary alicyclic amines) is 1. The summed E-state index contributed by atoms with van der Waals surface area (Å²) in [5.41, 5.74) is 7.86. The number of hydrogen-bond donors (Lipinski definition) is 0. The Hall–Kier alpha value is -1.51. The smallest absolute Gasteiger partial charge is 0.410 e. The number of carbonyl (C=O) groups is 1. The van der Waals surface area contributed by atoms with Crippen molar-refractivity contribution in [1.29, 1.82) is 0 Å². The van der Waals surface area contributed by atoms with E-state index in [1.54, 1.807) is 20.8 Å². The van der Waals surface area contributed by atoms with Crippen LogP contribution in [0, 0.1) is 0 Å². The first-order chi connectivity index (χ1) is 9.52. The summed E-state index contributed by atoms with van der Waals surface area (Å²) >= 11 is 0. The largest absolute Gasteiger partial charge is 0.444 e. The molecule has 0 aromatic rings. The Morgan fingerprint density at radius 3 is 2.52 bits per heavy atom. The minimum absolute atomic E-state index is 0.00826. The van der Waals surface area contributed by atoms with E-state index in [2.05, 4.69) is 10.0 Å². The molecule has 1 heterocycles. The van der Waals surface area contributed by atoms with E-state index in [0.717, 1.165) is 6.26 Å². The molecule has 1 rings (SSSR count). The van der Waals surface area contributed by atoms with Crippen LogP contribution in [-0.4, -0.2) is 56.5 Å². The van der Waals surface area contributed by atoms with Gasteiger partial charge in [-0.15, -0.1) is 0 Å². The number of amides is 1. The van der Waals surface area contributed by atoms with Crippen molar-refractivity contribution in [2.75, 3.05) is 19.3 Å². The van der Waals surface area contributed by atoms with Crippen molar-refractivity contribution in [2.24, 2.45) is 5.11 Å². The van der Waals surface area contributed by atoms with Crippen LogP contribution in [0.2, 0.25) is 0 Å². The van der Waals surface area contributed by atoms with Crippen LogP contribution in [0.15, 0.2) is 5.11 Å². The second-order valence-corrected chi connectivity index (χ2v) is 7.43. The lowest BCUT2D eigenvalue weighted by molar-refractivity contribution is 0.00507. The van der Waals surface area contributed by atoms with Crippen molar-refractivity contribution in [2.45, 2.75) is 44.9 Å². The van der Waals surface area contributed by atoms with E-state index in [4.69, 9.17) is 14.5 Å². The van der Waals surface area contributed by atoms with Crippen LogP contribution in [0.25, 0.3) is 10.4 Å². The molecule has 1 fully saturated rings. The summed E-state index contributed by atoms with van der Waals surface area (Å²) in [6.07, 6.45) is -0.239. The predicted molar refractivity (Wildman–Crippen MR) is 75.1 cm³/mol. The maximum absolute atomic E-state index is 12.0. The van der Waals surface area contributed by atoms with Gasteiger partial charge in [-0.2, -0.15) is 8.42 Å². The second kappa shape index (κ2) is 6.50. The Balaban J connectivity index is 2.81. The zero-order valence-electron chi connectivity index (χ0n) is 12.5. The molecule has 21 heavy (non-hydrogen) atoms. The van der Waals surface area contributed by atoms with Gasteiger partial charge in [0.15, 0.2) is 0 Å². The van der Waals surface area contributed by atoms with Gasteiger partial charge in [-0.05, 0) is 32.7 Å². The number of nitrogens with zero attached hydrogens (tertiary/aromatic N) is 4. The van der Waals surface area contributed by atoms with Gasteiger partial charge in [0, 0.05) is 11.5 Å². The monoisotopic (exact) mass is 320 g/mol. The lowest BCUT2D eigenvalue weighted by Gasteiger charge is -2.36. The summed E-state index contributed by atoms with van der Waals surface area (Å²) in [7, 11) is -3.72. The third kappa shape index (κ3) is 6.19. The highest BCUT2D eigenvalue weighted by Crippen LogP contribution is 2.21. The van der Waals surface area contributed by atoms with Crippen LogP contribution in [0.5, 0.6) is 0 Å². The topological polar surface area (TPSA) is 122 Å². The van der Waals surface area contributed by atoms with Gasteiger partial charge in [0.1, 0.15) is 11.7 Å². The van der Waals surface area contributed by atoms with Crippen molar-refractivity contribution in [3.63, 3.8) is 0 Å². The minimum Gasteiger partial charge on any atom is -0.444 e. The molecule has 10 heteroatoms. The third-order valence-corrected chi connectivity index (χ3v) is 3.27. The van der Waals surface area contributed by atoms with E-state index in [0.29, 0.717) is 13.0 Å². The number of rotatable bonds is 3. The molecule has 0 spiro atoms. The SMILES string of the molecule is CC(C)(C)OC(=O)N1CCC(N=[N+]=[N-])C(OS(C)(=O)=O)C1. The molecule has 120 valence electrons. The Kier molecular flexibility index (Phi) is 5.43. The lowest BCUT2D eigenvalue weighted by Crippen LogP contribution is -2.51. The Morgan fingerprint density at radius 1 is 1.43 bits per heavy atom. The zero-order chi connectivity index (χ0) is 16.3. The molecule has 1 amide bonds. The first-order valence-electron chi connectivity index (χ1n) is 6.42. The summed E-state index contributed by atoms with van der Waals surface area (Å²) in [4.78, 5) is 16.0. The van der Waals surface area contributed by atoms with E-state index in [-0.39, 0.29) is 6.54 Å². The van der Waals surface area contributed by atoms with E-state index in [1.165, 1.54) is 4.90 Å². The summed E-state index contributed by atoms with van der Waals surface area (Å²) in [6.45, 7) is 5.51. The molecular weight excluding hydrogens is 300 g/mol. The van der Waals surface area contributed by atoms with Crippen LogP contribution >= 0.6 is 0 Å². The summed E-state index contributed by atoms with van der Waals surface area (Å²) in [5, 5.41) is 3.53. The van der Waals surface area contributed by atoms with Crippen molar-refractivity contribution >= 4 is 16.2 Å². The molecule has 1 saturated heterocycles. The lowest BCUT2D eigenvalue weighted by atomic mass is 10.0. The number of ether oxygens (including phenoxy) is 1. The Labute approximate surface area is 123 Å². The second-order valence-electron chi connectivity index (χ2n) is 5.83. The molecule has 0 aromatic heterocycles. The zero-order valence-corrected chi connectivity index (χ0v) is 13.3. The fraction of sp³-hybridized carbons (Fsp3) is 0.909. The Morgan fingerprint density at radius 2 is 2.05 bits per heavy atom. The van der Waals surface area contributed by atoms with Gasteiger partial charge in [0.2, 0.25) is 0 Å². The van der Waals surface area contributed by atoms with E-state index in [1.807, 2.05) is 0 Å². The van der Waals surface area contributed by atoms with Crippen molar-refractivity contribution in [3.05, 3.63) is 10.4 Å². The van der Waals surface area contributed by atoms with Crippen molar-refractivity contribution in [1.82, 2.24) is 4.90 Å². The fourth-order valence-electron chi connectivity index (χ4n) is 1.91. The van der Waals surface area contributed by atoms with Gasteiger partial charge in [0.25, 0.3) is 10.1 Å². The normalized spacial score (nSPS) is 23.3. The molecule has 0 aromatic carbocycles. The molecular formula is C11H20N4O5S. The van der Waals surface area contributed by atoms with Gasteiger partial charge in [-0.25, -0.2) is 4.79 Å². The number of carbonyl (C=O) groups excluding carboxylic acids is 1. The summed E-state index contributed by atoms with van der Waals surface area (Å²) in [5.74, 6) is 0. The maximum Gasteiger partial charge on any atom is 0.410 e. The molecule has 0 radical (unpaired) electrons. The molecule has 2 unspecified atom stereocenters. The quantitative estimate of drug-likeness (QED) is 0.338. The molecule has 2 atom stereocenters. The van der Waals surface area contributed by atoms with Gasteiger partial charge >= 0.3 is 6.09 Å². The van der Waals surface area contributed by atoms with Gasteiger partial charge in [0.05, 0.1) is 18.8 Å². The van der Waals surface area contributed by atoms with Crippen LogP contribution in [0.1, 0.15) is 27.2 Å². The average molecular weight is 320 g/mol. The molecule has 1 aliphatic rings. The molecule has 0 saturated carbocycles. The third-order valence-electron chi connectivity index (χ3n) is 2.67. The molecule has 0 N–H and O–H groups in total. The predicted octanol–water partition coefficient (Wildman–Crippen LogP) is 1.65. The maximum atomic E-state index is 12.0. The van der Waals surface area contributed by atoms with E-state index in [9.17, 15) is 13.2 Å². The molecule has 1 aliphatic heterocycles. The molecule has 0 bridgehead atoms. The first kappa shape index (κ1) is 17.5. The van der Waals surface area contributed by atoms with Crippen molar-refractivity contribution in [3.8, 4) is 0 Å². The van der Waals surface area contributed by atoms with Crippen LogP contribution in [-0.2, 0) is 19.0 Å². The highest BCUT2D eigenvalue weighted by molar-refractivity contribution is 7.86. The number of hydrogen-bond acceptors (Lipinski definition) is 6. The number of piperidine rings is 1. The standard InChI is InChI=1S/C11H20N4O5S/c1-11(2,3)19-10(16)15-6-5-8(13-14-12)9(7-15)20-21(4,17)18/h8-9H,5-7H2,1-4H3. The Bertz CT molecular complexity index is 535. The van der Waals surface area contributed by atoms with E-state index >= 15 is 0 Å². The molecule has 0 aliphatic carbocycles.